The van der Waals surface area contributed by atoms with Crippen LogP contribution in [0.3, 0.4) is 0 Å². The molecule has 0 aliphatic rings. The Kier molecular flexibility index (Phi) is 5.55. The molecule has 28 heavy (non-hydrogen) atoms. The fourth-order valence-electron chi connectivity index (χ4n) is 2.82. The van der Waals surface area contributed by atoms with Crippen LogP contribution in [0.4, 0.5) is 10.8 Å². The van der Waals surface area contributed by atoms with Crippen molar-refractivity contribution in [3.8, 4) is 0 Å². The Morgan fingerprint density at radius 1 is 1.29 bits per heavy atom. The number of hydrogen-bond acceptors (Lipinski definition) is 6. The molecule has 1 aromatic carbocycles. The van der Waals surface area contributed by atoms with Gasteiger partial charge in [0.05, 0.1) is 17.2 Å². The van der Waals surface area contributed by atoms with Crippen molar-refractivity contribution < 1.29 is 9.72 Å². The third kappa shape index (κ3) is 4.09. The predicted octanol–water partition coefficient (Wildman–Crippen LogP) is 4.29. The molecule has 0 atom stereocenters. The van der Waals surface area contributed by atoms with Gasteiger partial charge in [0.25, 0.3) is 5.91 Å². The van der Waals surface area contributed by atoms with Crippen LogP contribution in [0.15, 0.2) is 29.6 Å². The second-order valence-electron chi connectivity index (χ2n) is 6.82. The lowest BCUT2D eigenvalue weighted by atomic mass is 10.1. The molecule has 3 aromatic rings. The average Bonchev–Trinajstić information content (AvgIpc) is 3.20. The van der Waals surface area contributed by atoms with Crippen LogP contribution < -0.4 is 5.32 Å². The Morgan fingerprint density at radius 2 is 1.96 bits per heavy atom. The van der Waals surface area contributed by atoms with E-state index in [0.29, 0.717) is 34.5 Å². The molecule has 3 rings (SSSR count). The largest absolute Gasteiger partial charge is 0.312 e. The number of benzene rings is 1. The van der Waals surface area contributed by atoms with Gasteiger partial charge < -0.3 is 0 Å². The zero-order valence-corrected chi connectivity index (χ0v) is 16.9. The molecule has 9 heteroatoms. The number of nitrogens with one attached hydrogen (secondary N) is 1. The molecule has 1 amide bonds. The molecule has 0 aliphatic heterocycles. The maximum atomic E-state index is 12.4. The Labute approximate surface area is 166 Å². The molecule has 0 saturated carbocycles. The number of carbonyl (C=O) groups is 1. The van der Waals surface area contributed by atoms with E-state index < -0.39 is 4.92 Å². The quantitative estimate of drug-likeness (QED) is 0.492. The van der Waals surface area contributed by atoms with Crippen LogP contribution in [0, 0.1) is 24.0 Å². The summed E-state index contributed by atoms with van der Waals surface area (Å²) in [6.45, 7) is 7.80. The van der Waals surface area contributed by atoms with Gasteiger partial charge in [-0.25, -0.2) is 4.98 Å². The van der Waals surface area contributed by atoms with Gasteiger partial charge in [-0.2, -0.15) is 5.10 Å². The number of aryl methyl sites for hydroxylation is 1. The van der Waals surface area contributed by atoms with E-state index in [0.717, 1.165) is 11.3 Å². The summed E-state index contributed by atoms with van der Waals surface area (Å²) in [5.41, 5.74) is 3.31. The van der Waals surface area contributed by atoms with Gasteiger partial charge in [-0.05, 0) is 37.5 Å². The van der Waals surface area contributed by atoms with Crippen LogP contribution in [-0.4, -0.2) is 25.6 Å². The molecule has 146 valence electrons. The summed E-state index contributed by atoms with van der Waals surface area (Å²) in [6, 6.07) is 7.08. The summed E-state index contributed by atoms with van der Waals surface area (Å²) in [4.78, 5) is 27.5. The van der Waals surface area contributed by atoms with Crippen molar-refractivity contribution in [2.45, 2.75) is 40.2 Å². The van der Waals surface area contributed by atoms with Crippen LogP contribution in [-0.2, 0) is 6.54 Å². The number of rotatable bonds is 6. The van der Waals surface area contributed by atoms with E-state index in [1.54, 1.807) is 30.7 Å². The Bertz CT molecular complexity index is 1020. The van der Waals surface area contributed by atoms with E-state index in [9.17, 15) is 14.9 Å². The fraction of sp³-hybridized carbons (Fsp3) is 0.316. The topological polar surface area (TPSA) is 103 Å². The van der Waals surface area contributed by atoms with E-state index in [-0.39, 0.29) is 11.6 Å². The molecule has 0 bridgehead atoms. The average molecular weight is 399 g/mol. The number of carbonyl (C=O) groups excluding carboxylic acids is 1. The monoisotopic (exact) mass is 399 g/mol. The van der Waals surface area contributed by atoms with Crippen LogP contribution in [0.5, 0.6) is 0 Å². The number of anilines is 1. The van der Waals surface area contributed by atoms with Crippen molar-refractivity contribution in [1.29, 1.82) is 0 Å². The maximum absolute atomic E-state index is 12.4. The van der Waals surface area contributed by atoms with Gasteiger partial charge in [-0.15, -0.1) is 11.3 Å². The molecule has 0 aliphatic carbocycles. The lowest BCUT2D eigenvalue weighted by Gasteiger charge is -2.06. The third-order valence-corrected chi connectivity index (χ3v) is 5.18. The summed E-state index contributed by atoms with van der Waals surface area (Å²) in [6.07, 6.45) is 0. The first-order valence-corrected chi connectivity index (χ1v) is 9.68. The van der Waals surface area contributed by atoms with E-state index in [1.807, 2.05) is 17.5 Å². The van der Waals surface area contributed by atoms with E-state index >= 15 is 0 Å². The Hall–Kier alpha value is -3.07. The number of amides is 1. The Morgan fingerprint density at radius 3 is 2.50 bits per heavy atom. The van der Waals surface area contributed by atoms with Gasteiger partial charge in [-0.3, -0.25) is 24.9 Å². The third-order valence-electron chi connectivity index (χ3n) is 4.41. The highest BCUT2D eigenvalue weighted by atomic mass is 32.1. The summed E-state index contributed by atoms with van der Waals surface area (Å²) < 4.78 is 1.60. The van der Waals surface area contributed by atoms with Crippen molar-refractivity contribution in [2.24, 2.45) is 0 Å². The minimum atomic E-state index is -0.412. The maximum Gasteiger partial charge on any atom is 0.312 e. The van der Waals surface area contributed by atoms with Crippen molar-refractivity contribution in [2.75, 3.05) is 5.32 Å². The van der Waals surface area contributed by atoms with Gasteiger partial charge in [0, 0.05) is 10.9 Å². The highest BCUT2D eigenvalue weighted by Gasteiger charge is 2.21. The van der Waals surface area contributed by atoms with Crippen LogP contribution in [0.2, 0.25) is 0 Å². The summed E-state index contributed by atoms with van der Waals surface area (Å²) >= 11 is 1.40. The van der Waals surface area contributed by atoms with Crippen LogP contribution in [0.25, 0.3) is 0 Å². The van der Waals surface area contributed by atoms with Gasteiger partial charge in [0.2, 0.25) is 0 Å². The second kappa shape index (κ2) is 7.89. The lowest BCUT2D eigenvalue weighted by molar-refractivity contribution is -0.386. The molecule has 1 N–H and O–H groups in total. The van der Waals surface area contributed by atoms with E-state index in [4.69, 9.17) is 0 Å². The first-order valence-electron chi connectivity index (χ1n) is 8.80. The predicted molar refractivity (Wildman–Crippen MR) is 108 cm³/mol. The molecule has 0 saturated heterocycles. The molecular formula is C19H21N5O3S. The molecule has 0 spiro atoms. The zero-order chi connectivity index (χ0) is 20.4. The molecule has 8 nitrogen and oxygen atoms in total. The molecule has 0 fully saturated rings. The van der Waals surface area contributed by atoms with Crippen molar-refractivity contribution in [1.82, 2.24) is 14.8 Å². The van der Waals surface area contributed by atoms with Crippen molar-refractivity contribution in [3.05, 3.63) is 68.0 Å². The van der Waals surface area contributed by atoms with Crippen LogP contribution >= 0.6 is 11.3 Å². The molecule has 0 unspecified atom stereocenters. The Balaban J connectivity index is 1.70. The zero-order valence-electron chi connectivity index (χ0n) is 16.1. The SMILES string of the molecule is Cc1nn(Cc2ccc(C(=O)Nc3nc(C(C)C)cs3)cc2)c(C)c1[N+](=O)[O-]. The number of nitrogens with zero attached hydrogens (tertiary/aromatic N) is 4. The van der Waals surface area contributed by atoms with Crippen molar-refractivity contribution >= 4 is 28.1 Å². The molecule has 2 heterocycles. The first kappa shape index (κ1) is 19.7. The molecule has 2 aromatic heterocycles. The smallest absolute Gasteiger partial charge is 0.298 e. The van der Waals surface area contributed by atoms with Gasteiger partial charge in [0.15, 0.2) is 5.13 Å². The minimum absolute atomic E-state index is 0.0419. The van der Waals surface area contributed by atoms with E-state index in [1.165, 1.54) is 11.3 Å². The molecular weight excluding hydrogens is 378 g/mol. The molecule has 0 radical (unpaired) electrons. The van der Waals surface area contributed by atoms with E-state index in [2.05, 4.69) is 29.2 Å². The highest BCUT2D eigenvalue weighted by Crippen LogP contribution is 2.23. The fourth-order valence-corrected chi connectivity index (χ4v) is 3.69. The number of thiazole rings is 1. The van der Waals surface area contributed by atoms with Crippen molar-refractivity contribution in [3.63, 3.8) is 0 Å². The lowest BCUT2D eigenvalue weighted by Crippen LogP contribution is -2.12. The number of hydrogen-bond donors (Lipinski definition) is 1. The highest BCUT2D eigenvalue weighted by molar-refractivity contribution is 7.14. The van der Waals surface area contributed by atoms with Gasteiger partial charge >= 0.3 is 5.69 Å². The van der Waals surface area contributed by atoms with Gasteiger partial charge in [-0.1, -0.05) is 26.0 Å². The summed E-state index contributed by atoms with van der Waals surface area (Å²) in [7, 11) is 0. The number of aromatic nitrogens is 3. The van der Waals surface area contributed by atoms with Gasteiger partial charge in [0.1, 0.15) is 11.4 Å². The normalized spacial score (nSPS) is 11.0. The standard InChI is InChI=1S/C19H21N5O3S/c1-11(2)16-10-28-19(20-16)21-18(25)15-7-5-14(6-8-15)9-23-13(4)17(24(26)27)12(3)22-23/h5-8,10-11H,9H2,1-4H3,(H,20,21,25). The second-order valence-corrected chi connectivity index (χ2v) is 7.68. The number of nitro groups is 1. The summed E-state index contributed by atoms with van der Waals surface area (Å²) in [5.74, 6) is 0.0874. The minimum Gasteiger partial charge on any atom is -0.298 e. The summed E-state index contributed by atoms with van der Waals surface area (Å²) in [5, 5.41) is 20.7. The first-order chi connectivity index (χ1) is 13.3. The van der Waals surface area contributed by atoms with Crippen LogP contribution in [0.1, 0.15) is 52.8 Å².